The van der Waals surface area contributed by atoms with E-state index in [1.165, 1.54) is 0 Å². The van der Waals surface area contributed by atoms with Crippen LogP contribution in [0.4, 0.5) is 0 Å². The fourth-order valence-electron chi connectivity index (χ4n) is 0.695. The average Bonchev–Trinajstić information content (AvgIpc) is 2.31. The van der Waals surface area contributed by atoms with Gasteiger partial charge in [-0.2, -0.15) is 0 Å². The predicted molar refractivity (Wildman–Crippen MR) is 48.8 cm³/mol. The molecule has 0 unspecified atom stereocenters. The molecule has 0 aromatic carbocycles. The van der Waals surface area contributed by atoms with Gasteiger partial charge in [0.05, 0.1) is 6.54 Å². The molecule has 0 aliphatic rings. The summed E-state index contributed by atoms with van der Waals surface area (Å²) in [5.41, 5.74) is 0. The van der Waals surface area contributed by atoms with Crippen molar-refractivity contribution >= 4 is 22.6 Å². The van der Waals surface area contributed by atoms with Gasteiger partial charge in [0.1, 0.15) is 5.76 Å². The maximum Gasteiger partial charge on any atom is 0.164 e. The van der Waals surface area contributed by atoms with Crippen LogP contribution in [0.5, 0.6) is 0 Å². The van der Waals surface area contributed by atoms with Crippen molar-refractivity contribution in [2.24, 2.45) is 0 Å². The molecule has 2 nitrogen and oxygen atoms in total. The van der Waals surface area contributed by atoms with Crippen LogP contribution in [0, 0.1) is 3.77 Å². The van der Waals surface area contributed by atoms with Crippen molar-refractivity contribution in [1.29, 1.82) is 0 Å². The molecule has 0 bridgehead atoms. The third kappa shape index (κ3) is 2.30. The first-order valence-electron chi connectivity index (χ1n) is 3.28. The van der Waals surface area contributed by atoms with Crippen LogP contribution >= 0.6 is 22.6 Å². The van der Waals surface area contributed by atoms with Crippen molar-refractivity contribution in [1.82, 2.24) is 5.32 Å². The van der Waals surface area contributed by atoms with Crippen LogP contribution in [0.15, 0.2) is 16.5 Å². The van der Waals surface area contributed by atoms with E-state index in [1.54, 1.807) is 0 Å². The van der Waals surface area contributed by atoms with E-state index in [0.717, 1.165) is 22.6 Å². The molecule has 56 valence electrons. The van der Waals surface area contributed by atoms with Crippen LogP contribution in [0.1, 0.15) is 12.7 Å². The number of hydrogen-bond donors (Lipinski definition) is 1. The summed E-state index contributed by atoms with van der Waals surface area (Å²) < 4.78 is 6.26. The summed E-state index contributed by atoms with van der Waals surface area (Å²) in [6.45, 7) is 3.89. The van der Waals surface area contributed by atoms with Crippen LogP contribution in [-0.2, 0) is 6.54 Å². The zero-order valence-corrected chi connectivity index (χ0v) is 8.01. The van der Waals surface area contributed by atoms with Crippen LogP contribution in [0.25, 0.3) is 0 Å². The molecular formula is C7H10INO. The minimum absolute atomic E-state index is 0.833. The minimum Gasteiger partial charge on any atom is -0.454 e. The lowest BCUT2D eigenvalue weighted by atomic mass is 10.4. The van der Waals surface area contributed by atoms with Crippen molar-refractivity contribution in [2.45, 2.75) is 13.5 Å². The van der Waals surface area contributed by atoms with Crippen molar-refractivity contribution in [3.05, 3.63) is 21.7 Å². The molecule has 1 heterocycles. The van der Waals surface area contributed by atoms with Gasteiger partial charge in [0.15, 0.2) is 3.77 Å². The van der Waals surface area contributed by atoms with E-state index < -0.39 is 0 Å². The molecule has 1 N–H and O–H groups in total. The topological polar surface area (TPSA) is 25.2 Å². The molecule has 1 aromatic heterocycles. The molecule has 0 atom stereocenters. The van der Waals surface area contributed by atoms with Crippen LogP contribution < -0.4 is 5.32 Å². The lowest BCUT2D eigenvalue weighted by Gasteiger charge is -1.94. The first-order chi connectivity index (χ1) is 4.83. The Morgan fingerprint density at radius 3 is 2.90 bits per heavy atom. The minimum atomic E-state index is 0.833. The Labute approximate surface area is 74.1 Å². The predicted octanol–water partition coefficient (Wildman–Crippen LogP) is 1.99. The third-order valence-electron chi connectivity index (χ3n) is 1.18. The zero-order valence-electron chi connectivity index (χ0n) is 5.86. The second-order valence-corrected chi connectivity index (χ2v) is 3.05. The largest absolute Gasteiger partial charge is 0.454 e. The summed E-state index contributed by atoms with van der Waals surface area (Å²) in [7, 11) is 0. The smallest absolute Gasteiger partial charge is 0.164 e. The standard InChI is InChI=1S/C7H10INO/c1-2-9-5-6-3-4-7(8)10-6/h3-4,9H,2,5H2,1H3. The molecule has 10 heavy (non-hydrogen) atoms. The van der Waals surface area contributed by atoms with Gasteiger partial charge in [-0.3, -0.25) is 0 Å². The summed E-state index contributed by atoms with van der Waals surface area (Å²) in [6.07, 6.45) is 0. The Morgan fingerprint density at radius 1 is 1.60 bits per heavy atom. The summed E-state index contributed by atoms with van der Waals surface area (Å²) in [4.78, 5) is 0. The number of hydrogen-bond acceptors (Lipinski definition) is 2. The van der Waals surface area contributed by atoms with Crippen LogP contribution in [0.3, 0.4) is 0 Å². The highest BCUT2D eigenvalue weighted by Gasteiger charge is 1.95. The maximum atomic E-state index is 5.31. The molecule has 0 amide bonds. The zero-order chi connectivity index (χ0) is 7.40. The van der Waals surface area contributed by atoms with Gasteiger partial charge in [-0.25, -0.2) is 0 Å². The third-order valence-corrected chi connectivity index (χ3v) is 1.76. The van der Waals surface area contributed by atoms with E-state index in [0.29, 0.717) is 0 Å². The van der Waals surface area contributed by atoms with Gasteiger partial charge in [-0.15, -0.1) is 0 Å². The second kappa shape index (κ2) is 3.98. The van der Waals surface area contributed by atoms with Gasteiger partial charge in [0.25, 0.3) is 0 Å². The summed E-state index contributed by atoms with van der Waals surface area (Å²) in [5, 5.41) is 3.18. The monoisotopic (exact) mass is 251 g/mol. The molecule has 1 aromatic rings. The quantitative estimate of drug-likeness (QED) is 0.831. The maximum absolute atomic E-state index is 5.31. The van der Waals surface area contributed by atoms with Crippen molar-refractivity contribution in [3.63, 3.8) is 0 Å². The second-order valence-electron chi connectivity index (χ2n) is 1.99. The van der Waals surface area contributed by atoms with Crippen LogP contribution in [-0.4, -0.2) is 6.54 Å². The summed E-state index contributed by atoms with van der Waals surface area (Å²) >= 11 is 2.16. The fraction of sp³-hybridized carbons (Fsp3) is 0.429. The van der Waals surface area contributed by atoms with E-state index in [4.69, 9.17) is 4.42 Å². The average molecular weight is 251 g/mol. The first kappa shape index (κ1) is 8.07. The van der Waals surface area contributed by atoms with Gasteiger partial charge < -0.3 is 9.73 Å². The van der Waals surface area contributed by atoms with Gasteiger partial charge in [0.2, 0.25) is 0 Å². The van der Waals surface area contributed by atoms with E-state index in [1.807, 2.05) is 12.1 Å². The Balaban J connectivity index is 2.42. The number of furan rings is 1. The molecule has 0 saturated carbocycles. The molecule has 0 radical (unpaired) electrons. The summed E-state index contributed by atoms with van der Waals surface area (Å²) in [6, 6.07) is 3.96. The molecule has 0 aliphatic heterocycles. The Kier molecular flexibility index (Phi) is 3.21. The van der Waals surface area contributed by atoms with Gasteiger partial charge in [-0.05, 0) is 41.3 Å². The SMILES string of the molecule is CCNCc1ccc(I)o1. The van der Waals surface area contributed by atoms with Crippen molar-refractivity contribution < 1.29 is 4.42 Å². The lowest BCUT2D eigenvalue weighted by molar-refractivity contribution is 0.467. The Bertz CT molecular complexity index is 197. The number of rotatable bonds is 3. The lowest BCUT2D eigenvalue weighted by Crippen LogP contribution is -2.10. The number of nitrogens with one attached hydrogen (secondary N) is 1. The van der Waals surface area contributed by atoms with Gasteiger partial charge in [0, 0.05) is 0 Å². The fourth-order valence-corrected chi connectivity index (χ4v) is 1.16. The highest BCUT2D eigenvalue weighted by molar-refractivity contribution is 14.1. The van der Waals surface area contributed by atoms with E-state index >= 15 is 0 Å². The van der Waals surface area contributed by atoms with E-state index in [-0.39, 0.29) is 0 Å². The molecule has 3 heteroatoms. The molecule has 0 spiro atoms. The summed E-state index contributed by atoms with van der Waals surface area (Å²) in [5.74, 6) is 1.01. The molecule has 0 fully saturated rings. The molecule has 0 saturated heterocycles. The Morgan fingerprint density at radius 2 is 2.40 bits per heavy atom. The molecular weight excluding hydrogens is 241 g/mol. The van der Waals surface area contributed by atoms with Gasteiger partial charge >= 0.3 is 0 Å². The van der Waals surface area contributed by atoms with Crippen molar-refractivity contribution in [2.75, 3.05) is 6.54 Å². The number of halogens is 1. The van der Waals surface area contributed by atoms with Crippen molar-refractivity contribution in [3.8, 4) is 0 Å². The normalized spacial score (nSPS) is 10.2. The Hall–Kier alpha value is -0.0300. The first-order valence-corrected chi connectivity index (χ1v) is 4.35. The highest BCUT2D eigenvalue weighted by Crippen LogP contribution is 2.09. The molecule has 1 rings (SSSR count). The van der Waals surface area contributed by atoms with Gasteiger partial charge in [-0.1, -0.05) is 6.92 Å². The van der Waals surface area contributed by atoms with E-state index in [9.17, 15) is 0 Å². The highest BCUT2D eigenvalue weighted by atomic mass is 127. The van der Waals surface area contributed by atoms with Crippen LogP contribution in [0.2, 0.25) is 0 Å². The molecule has 0 aliphatic carbocycles. The van der Waals surface area contributed by atoms with E-state index in [2.05, 4.69) is 34.8 Å².